The van der Waals surface area contributed by atoms with Gasteiger partial charge in [-0.3, -0.25) is 0 Å². The lowest BCUT2D eigenvalue weighted by Gasteiger charge is -2.19. The molecule has 0 unspecified atom stereocenters. The summed E-state index contributed by atoms with van der Waals surface area (Å²) in [4.78, 5) is 0. The number of hydrogen-bond donors (Lipinski definition) is 0. The molecule has 0 saturated carbocycles. The van der Waals surface area contributed by atoms with Crippen molar-refractivity contribution in [2.24, 2.45) is 0 Å². The van der Waals surface area contributed by atoms with E-state index in [-0.39, 0.29) is 0 Å². The van der Waals surface area contributed by atoms with Gasteiger partial charge in [-0.15, -0.1) is 0 Å². The van der Waals surface area contributed by atoms with Gasteiger partial charge in [0.05, 0.1) is 0 Å². The lowest BCUT2D eigenvalue weighted by atomic mass is 9.66. The fraction of sp³-hybridized carbons (Fsp3) is 1.00. The van der Waals surface area contributed by atoms with Crippen molar-refractivity contribution in [3.8, 4) is 0 Å². The van der Waals surface area contributed by atoms with Crippen molar-refractivity contribution in [2.45, 2.75) is 24.5 Å². The molecule has 0 amide bonds. The minimum absolute atomic E-state index is 1.10. The molecule has 0 nitrogen and oxygen atoms in total. The Morgan fingerprint density at radius 2 is 1.15 bits per heavy atom. The second-order valence-corrected chi connectivity index (χ2v) is 2.14. The molecule has 0 saturated heterocycles. The first-order valence-corrected chi connectivity index (χ1v) is 2.81. The first kappa shape index (κ1) is 12.5. The second kappa shape index (κ2) is 3.34. The third-order valence-electron chi connectivity index (χ3n) is 0.968. The van der Waals surface area contributed by atoms with Crippen LogP contribution in [0.4, 0.5) is 35.1 Å². The van der Waals surface area contributed by atoms with E-state index in [1.807, 2.05) is 0 Å². The standard InChI is InChI=1S/C4H2BF8/c6-2(7,8)1-5-3(9,10)4(11,12)13/h1H2. The van der Waals surface area contributed by atoms with E-state index in [1.165, 1.54) is 0 Å². The largest absolute Gasteiger partial charge is 0.443 e. The molecule has 0 aromatic heterocycles. The van der Waals surface area contributed by atoms with Crippen LogP contribution in [0.25, 0.3) is 0 Å². The molecule has 0 rings (SSSR count). The first-order chi connectivity index (χ1) is 5.46. The maximum absolute atomic E-state index is 11.8. The topological polar surface area (TPSA) is 0 Å². The summed E-state index contributed by atoms with van der Waals surface area (Å²) in [6, 6.07) is 0. The minimum atomic E-state index is -5.97. The van der Waals surface area contributed by atoms with Crippen molar-refractivity contribution in [3.05, 3.63) is 0 Å². The lowest BCUT2D eigenvalue weighted by Crippen LogP contribution is -2.43. The zero-order chi connectivity index (χ0) is 10.9. The maximum Gasteiger partial charge on any atom is 0.443 e. The molecule has 9 heteroatoms. The predicted octanol–water partition coefficient (Wildman–Crippen LogP) is 2.83. The molecule has 0 aromatic carbocycles. The summed E-state index contributed by atoms with van der Waals surface area (Å²) in [5, 5.41) is 0. The molecule has 0 spiro atoms. The molecule has 1 radical (unpaired) electrons. The highest BCUT2D eigenvalue weighted by molar-refractivity contribution is 6.39. The van der Waals surface area contributed by atoms with Crippen LogP contribution in [-0.4, -0.2) is 25.5 Å². The molecule has 0 N–H and O–H groups in total. The highest BCUT2D eigenvalue weighted by atomic mass is 19.4. The first-order valence-electron chi connectivity index (χ1n) is 2.81. The zero-order valence-electron chi connectivity index (χ0n) is 5.81. The van der Waals surface area contributed by atoms with Gasteiger partial charge in [0.1, 0.15) is 0 Å². The van der Waals surface area contributed by atoms with Crippen LogP contribution in [0.3, 0.4) is 0 Å². The van der Waals surface area contributed by atoms with E-state index in [0.717, 1.165) is 0 Å². The van der Waals surface area contributed by atoms with Crippen LogP contribution in [0.2, 0.25) is 6.32 Å². The fourth-order valence-corrected chi connectivity index (χ4v) is 0.360. The van der Waals surface area contributed by atoms with Crippen molar-refractivity contribution in [1.29, 1.82) is 0 Å². The lowest BCUT2D eigenvalue weighted by molar-refractivity contribution is -0.245. The highest BCUT2D eigenvalue weighted by Crippen LogP contribution is 2.36. The van der Waals surface area contributed by atoms with E-state index < -0.39 is 31.8 Å². The van der Waals surface area contributed by atoms with Gasteiger partial charge < -0.3 is 0 Å². The van der Waals surface area contributed by atoms with Crippen molar-refractivity contribution in [3.63, 3.8) is 0 Å². The number of alkyl halides is 8. The van der Waals surface area contributed by atoms with Gasteiger partial charge in [0.25, 0.3) is 5.82 Å². The smallest absolute Gasteiger partial charge is 0.208 e. The number of rotatable bonds is 2. The van der Waals surface area contributed by atoms with Gasteiger partial charge in [0, 0.05) is 6.32 Å². The average molecular weight is 213 g/mol. The molecular weight excluding hydrogens is 211 g/mol. The van der Waals surface area contributed by atoms with Gasteiger partial charge in [-0.25, -0.2) is 8.78 Å². The molecule has 0 aliphatic carbocycles. The van der Waals surface area contributed by atoms with Gasteiger partial charge in [-0.1, -0.05) is 0 Å². The van der Waals surface area contributed by atoms with Gasteiger partial charge in [-0.2, -0.15) is 26.3 Å². The maximum atomic E-state index is 11.8. The van der Waals surface area contributed by atoms with Crippen molar-refractivity contribution in [1.82, 2.24) is 0 Å². The molecule has 0 atom stereocenters. The summed E-state index contributed by atoms with van der Waals surface area (Å²) in [5.41, 5.74) is 0. The molecule has 77 valence electrons. The highest BCUT2D eigenvalue weighted by Gasteiger charge is 2.58. The Hall–Kier alpha value is -0.495. The molecular formula is C4H2BF8. The molecule has 0 aliphatic heterocycles. The third kappa shape index (κ3) is 4.32. The SMILES string of the molecule is FC(F)(F)C[B]C(F)(F)C(F)(F)F. The van der Waals surface area contributed by atoms with E-state index in [0.29, 0.717) is 0 Å². The van der Waals surface area contributed by atoms with Crippen LogP contribution in [0, 0.1) is 0 Å². The van der Waals surface area contributed by atoms with Crippen LogP contribution in [0.5, 0.6) is 0 Å². The molecule has 0 aliphatic rings. The summed E-state index contributed by atoms with van der Waals surface area (Å²) in [7, 11) is -1.10. The molecule has 0 aromatic rings. The van der Waals surface area contributed by atoms with E-state index in [2.05, 4.69) is 0 Å². The number of halogens is 8. The Balaban J connectivity index is 4.21. The monoisotopic (exact) mass is 213 g/mol. The van der Waals surface area contributed by atoms with Gasteiger partial charge in [0.15, 0.2) is 0 Å². The molecule has 0 fully saturated rings. The van der Waals surface area contributed by atoms with Gasteiger partial charge >= 0.3 is 12.4 Å². The van der Waals surface area contributed by atoms with Crippen LogP contribution >= 0.6 is 0 Å². The fourth-order valence-electron chi connectivity index (χ4n) is 0.360. The Bertz CT molecular complexity index is 166. The summed E-state index contributed by atoms with van der Waals surface area (Å²) < 4.78 is 91.1. The van der Waals surface area contributed by atoms with E-state index >= 15 is 0 Å². The van der Waals surface area contributed by atoms with Crippen LogP contribution < -0.4 is 0 Å². The van der Waals surface area contributed by atoms with Crippen LogP contribution in [0.1, 0.15) is 0 Å². The summed E-state index contributed by atoms with van der Waals surface area (Å²) in [5.74, 6) is -5.40. The normalized spacial score (nSPS) is 14.5. The Kier molecular flexibility index (Phi) is 3.21. The number of hydrogen-bond acceptors (Lipinski definition) is 0. The Morgan fingerprint density at radius 3 is 1.38 bits per heavy atom. The van der Waals surface area contributed by atoms with E-state index in [1.54, 1.807) is 0 Å². The second-order valence-electron chi connectivity index (χ2n) is 2.14. The van der Waals surface area contributed by atoms with Gasteiger partial charge in [0.2, 0.25) is 7.28 Å². The average Bonchev–Trinajstić information content (AvgIpc) is 1.79. The Labute approximate surface area is 68.1 Å². The van der Waals surface area contributed by atoms with Crippen LogP contribution in [0.15, 0.2) is 0 Å². The summed E-state index contributed by atoms with van der Waals surface area (Å²) in [6.45, 7) is 0. The van der Waals surface area contributed by atoms with Crippen molar-refractivity contribution < 1.29 is 35.1 Å². The zero-order valence-corrected chi connectivity index (χ0v) is 5.81. The van der Waals surface area contributed by atoms with Gasteiger partial charge in [-0.05, 0) is 0 Å². The quantitative estimate of drug-likeness (QED) is 0.488. The molecule has 0 bridgehead atoms. The molecule has 0 heterocycles. The Morgan fingerprint density at radius 1 is 0.769 bits per heavy atom. The minimum Gasteiger partial charge on any atom is -0.208 e. The van der Waals surface area contributed by atoms with E-state index in [4.69, 9.17) is 0 Å². The van der Waals surface area contributed by atoms with Crippen molar-refractivity contribution in [2.75, 3.05) is 0 Å². The van der Waals surface area contributed by atoms with Crippen LogP contribution in [-0.2, 0) is 0 Å². The predicted molar refractivity (Wildman–Crippen MR) is 27.6 cm³/mol. The van der Waals surface area contributed by atoms with E-state index in [9.17, 15) is 35.1 Å². The molecule has 13 heavy (non-hydrogen) atoms. The summed E-state index contributed by atoms with van der Waals surface area (Å²) >= 11 is 0. The summed E-state index contributed by atoms with van der Waals surface area (Å²) in [6.07, 6.45) is -13.3. The third-order valence-corrected chi connectivity index (χ3v) is 0.968. The van der Waals surface area contributed by atoms with Crippen molar-refractivity contribution >= 4 is 7.28 Å².